The molecule has 0 amide bonds. The highest BCUT2D eigenvalue weighted by Crippen LogP contribution is 2.32. The maximum absolute atomic E-state index is 6.04. The van der Waals surface area contributed by atoms with Crippen LogP contribution in [0.5, 0.6) is 0 Å². The van der Waals surface area contributed by atoms with Gasteiger partial charge in [-0.05, 0) is 42.7 Å². The molecule has 0 fully saturated rings. The fourth-order valence-corrected chi connectivity index (χ4v) is 3.53. The zero-order chi connectivity index (χ0) is 17.2. The average Bonchev–Trinajstić information content (AvgIpc) is 2.60. The summed E-state index contributed by atoms with van der Waals surface area (Å²) in [5.41, 5.74) is 3.21. The molecule has 0 unspecified atom stereocenters. The number of rotatable bonds is 3. The predicted octanol–water partition coefficient (Wildman–Crippen LogP) is 5.01. The molecule has 1 aliphatic heterocycles. The Balaban J connectivity index is 1.64. The Hall–Kier alpha value is -2.37. The van der Waals surface area contributed by atoms with Crippen LogP contribution in [-0.2, 0) is 6.42 Å². The number of hydrogen-bond acceptors (Lipinski definition) is 5. The molecule has 1 N–H and O–H groups in total. The highest BCUT2D eigenvalue weighted by Gasteiger charge is 2.19. The summed E-state index contributed by atoms with van der Waals surface area (Å²) in [6.45, 7) is 0.901. The van der Waals surface area contributed by atoms with Crippen molar-refractivity contribution >= 4 is 46.3 Å². The van der Waals surface area contributed by atoms with Gasteiger partial charge in [0.1, 0.15) is 0 Å². The number of anilines is 4. The monoisotopic (exact) mass is 371 g/mol. The first kappa shape index (κ1) is 16.1. The number of fused-ring (bicyclic) bond motifs is 1. The van der Waals surface area contributed by atoms with E-state index in [1.807, 2.05) is 6.07 Å². The first-order chi connectivity index (χ1) is 12.2. The molecule has 1 aliphatic rings. The second kappa shape index (κ2) is 6.86. The highest BCUT2D eigenvalue weighted by molar-refractivity contribution is 6.35. The van der Waals surface area contributed by atoms with Crippen molar-refractivity contribution < 1.29 is 0 Å². The smallest absolute Gasteiger partial charge is 0.249 e. The van der Waals surface area contributed by atoms with Crippen LogP contribution in [0.4, 0.5) is 23.1 Å². The second-order valence-electron chi connectivity index (χ2n) is 5.81. The highest BCUT2D eigenvalue weighted by atomic mass is 35.5. The van der Waals surface area contributed by atoms with Crippen molar-refractivity contribution in [2.24, 2.45) is 0 Å². The van der Waals surface area contributed by atoms with Crippen LogP contribution in [0.25, 0.3) is 0 Å². The van der Waals surface area contributed by atoms with E-state index < -0.39 is 0 Å². The molecule has 0 radical (unpaired) electrons. The quantitative estimate of drug-likeness (QED) is 0.701. The van der Waals surface area contributed by atoms with E-state index in [0.29, 0.717) is 16.0 Å². The van der Waals surface area contributed by atoms with Crippen LogP contribution in [0.15, 0.2) is 48.7 Å². The fraction of sp³-hybridized carbons (Fsp3) is 0.167. The number of halogens is 2. The molecule has 0 spiro atoms. The normalized spacial score (nSPS) is 13.4. The van der Waals surface area contributed by atoms with Gasteiger partial charge in [-0.15, -0.1) is 5.10 Å². The Bertz CT molecular complexity index is 895. The lowest BCUT2D eigenvalue weighted by Crippen LogP contribution is -2.25. The molecule has 0 atom stereocenters. The molecule has 1 aromatic heterocycles. The fourth-order valence-electron chi connectivity index (χ4n) is 3.00. The van der Waals surface area contributed by atoms with E-state index in [2.05, 4.69) is 43.6 Å². The second-order valence-corrected chi connectivity index (χ2v) is 6.68. The Kier molecular flexibility index (Phi) is 4.42. The van der Waals surface area contributed by atoms with Gasteiger partial charge in [0, 0.05) is 28.0 Å². The minimum atomic E-state index is 0.402. The van der Waals surface area contributed by atoms with Gasteiger partial charge < -0.3 is 10.2 Å². The van der Waals surface area contributed by atoms with Crippen LogP contribution in [0, 0.1) is 0 Å². The van der Waals surface area contributed by atoms with E-state index in [0.717, 1.165) is 30.9 Å². The largest absolute Gasteiger partial charge is 0.325 e. The SMILES string of the molecule is Clc1cc(Cl)cc(Nc2nncc(N3CCCc4ccccc43)n2)c1. The topological polar surface area (TPSA) is 53.9 Å². The summed E-state index contributed by atoms with van der Waals surface area (Å²) >= 11 is 12.1. The number of nitrogens with zero attached hydrogens (tertiary/aromatic N) is 4. The van der Waals surface area contributed by atoms with Crippen LogP contribution in [0.3, 0.4) is 0 Å². The number of aromatic nitrogens is 3. The molecule has 0 aliphatic carbocycles. The molecule has 2 aromatic carbocycles. The summed E-state index contributed by atoms with van der Waals surface area (Å²) in [7, 11) is 0. The molecule has 4 rings (SSSR count). The van der Waals surface area contributed by atoms with E-state index in [-0.39, 0.29) is 0 Å². The lowest BCUT2D eigenvalue weighted by atomic mass is 10.0. The lowest BCUT2D eigenvalue weighted by molar-refractivity contribution is 0.754. The van der Waals surface area contributed by atoms with Gasteiger partial charge in [0.15, 0.2) is 5.82 Å². The molecule has 25 heavy (non-hydrogen) atoms. The van der Waals surface area contributed by atoms with E-state index in [1.54, 1.807) is 24.4 Å². The van der Waals surface area contributed by atoms with Crippen molar-refractivity contribution in [1.82, 2.24) is 15.2 Å². The van der Waals surface area contributed by atoms with Crippen LogP contribution in [-0.4, -0.2) is 21.7 Å². The summed E-state index contributed by atoms with van der Waals surface area (Å²) in [4.78, 5) is 6.78. The summed E-state index contributed by atoms with van der Waals surface area (Å²) in [5.74, 6) is 1.16. The molecule has 7 heteroatoms. The van der Waals surface area contributed by atoms with Crippen molar-refractivity contribution in [3.8, 4) is 0 Å². The summed E-state index contributed by atoms with van der Waals surface area (Å²) in [5, 5.41) is 12.4. The van der Waals surface area contributed by atoms with Crippen molar-refractivity contribution in [3.05, 3.63) is 64.3 Å². The molecule has 5 nitrogen and oxygen atoms in total. The van der Waals surface area contributed by atoms with Crippen molar-refractivity contribution in [3.63, 3.8) is 0 Å². The number of para-hydroxylation sites is 1. The van der Waals surface area contributed by atoms with Gasteiger partial charge in [-0.3, -0.25) is 0 Å². The zero-order valence-corrected chi connectivity index (χ0v) is 14.8. The van der Waals surface area contributed by atoms with Gasteiger partial charge in [0.2, 0.25) is 5.95 Å². The first-order valence-corrected chi connectivity index (χ1v) is 8.73. The molecule has 0 saturated heterocycles. The van der Waals surface area contributed by atoms with Gasteiger partial charge in [-0.2, -0.15) is 10.1 Å². The van der Waals surface area contributed by atoms with Crippen LogP contribution >= 0.6 is 23.2 Å². The molecule has 0 saturated carbocycles. The minimum Gasteiger partial charge on any atom is -0.325 e. The number of aryl methyl sites for hydroxylation is 1. The van der Waals surface area contributed by atoms with Gasteiger partial charge in [-0.25, -0.2) is 0 Å². The third-order valence-electron chi connectivity index (χ3n) is 4.05. The van der Waals surface area contributed by atoms with Crippen molar-refractivity contribution in [1.29, 1.82) is 0 Å². The molecule has 2 heterocycles. The maximum Gasteiger partial charge on any atom is 0.249 e. The average molecular weight is 372 g/mol. The Morgan fingerprint density at radius 1 is 1.04 bits per heavy atom. The maximum atomic E-state index is 6.04. The summed E-state index contributed by atoms with van der Waals surface area (Å²) in [6, 6.07) is 13.6. The van der Waals surface area contributed by atoms with Crippen LogP contribution in [0.2, 0.25) is 10.0 Å². The Morgan fingerprint density at radius 2 is 1.84 bits per heavy atom. The summed E-state index contributed by atoms with van der Waals surface area (Å²) in [6.07, 6.45) is 3.84. The zero-order valence-electron chi connectivity index (χ0n) is 13.3. The Labute approximate surface area is 155 Å². The molecular formula is C18H15Cl2N5. The third-order valence-corrected chi connectivity index (χ3v) is 4.49. The molecule has 3 aromatic rings. The summed E-state index contributed by atoms with van der Waals surface area (Å²) < 4.78 is 0. The van der Waals surface area contributed by atoms with E-state index in [4.69, 9.17) is 23.2 Å². The number of benzene rings is 2. The van der Waals surface area contributed by atoms with Crippen LogP contribution < -0.4 is 10.2 Å². The lowest BCUT2D eigenvalue weighted by Gasteiger charge is -2.30. The van der Waals surface area contributed by atoms with Crippen LogP contribution in [0.1, 0.15) is 12.0 Å². The number of hydrogen-bond donors (Lipinski definition) is 1. The molecular weight excluding hydrogens is 357 g/mol. The van der Waals surface area contributed by atoms with E-state index >= 15 is 0 Å². The molecule has 0 bridgehead atoms. The van der Waals surface area contributed by atoms with Gasteiger partial charge in [0.25, 0.3) is 0 Å². The minimum absolute atomic E-state index is 0.402. The van der Waals surface area contributed by atoms with Crippen molar-refractivity contribution in [2.75, 3.05) is 16.8 Å². The van der Waals surface area contributed by atoms with Gasteiger partial charge in [0.05, 0.1) is 6.20 Å². The van der Waals surface area contributed by atoms with E-state index in [1.165, 1.54) is 11.3 Å². The Morgan fingerprint density at radius 3 is 2.68 bits per heavy atom. The van der Waals surface area contributed by atoms with Crippen molar-refractivity contribution in [2.45, 2.75) is 12.8 Å². The standard InChI is InChI=1S/C18H15Cl2N5/c19-13-8-14(20)10-15(9-13)22-18-23-17(11-21-24-18)25-7-3-5-12-4-1-2-6-16(12)25/h1-2,4,6,8-11H,3,5,7H2,(H,22,23,24). The third kappa shape index (κ3) is 3.52. The van der Waals surface area contributed by atoms with E-state index in [9.17, 15) is 0 Å². The molecule has 126 valence electrons. The van der Waals surface area contributed by atoms with Gasteiger partial charge >= 0.3 is 0 Å². The first-order valence-electron chi connectivity index (χ1n) is 7.97. The number of nitrogens with one attached hydrogen (secondary N) is 1. The van der Waals surface area contributed by atoms with Gasteiger partial charge in [-0.1, -0.05) is 41.4 Å². The predicted molar refractivity (Wildman–Crippen MR) is 101 cm³/mol.